The molecule has 0 fully saturated rings. The van der Waals surface area contributed by atoms with E-state index in [0.29, 0.717) is 0 Å². The van der Waals surface area contributed by atoms with Crippen molar-refractivity contribution in [1.82, 2.24) is 0 Å². The summed E-state index contributed by atoms with van der Waals surface area (Å²) in [5.41, 5.74) is 0. The molecule has 3 N–H and O–H groups in total. The van der Waals surface area contributed by atoms with Gasteiger partial charge in [-0.05, 0) is 6.66 Å². The molecule has 0 unspecified atom stereocenters. The zero-order chi connectivity index (χ0) is 8.71. The predicted octanol–water partition coefficient (Wildman–Crippen LogP) is 1.48. The first kappa shape index (κ1) is 146. The van der Waals surface area contributed by atoms with E-state index in [-0.39, 0.29) is 275 Å². The van der Waals surface area contributed by atoms with Crippen molar-refractivity contribution < 1.29 is 313 Å². The summed E-state index contributed by atoms with van der Waals surface area (Å²) in [6.45, 7) is 1.99. The first-order chi connectivity index (χ1) is 4.41. The summed E-state index contributed by atoms with van der Waals surface area (Å²) in [6.07, 6.45) is 3.46. The first-order valence-electron chi connectivity index (χ1n) is 1.47. The van der Waals surface area contributed by atoms with E-state index in [9.17, 15) is 0 Å². The molecule has 0 amide bonds. The van der Waals surface area contributed by atoms with Gasteiger partial charge >= 0.3 is 47.5 Å². The quantitative estimate of drug-likeness (QED) is 0.286. The Bertz CT molecular complexity index is 67.8. The van der Waals surface area contributed by atoms with Crippen molar-refractivity contribution in [2.75, 3.05) is 6.66 Å². The maximum Gasteiger partial charge on any atom is 0 e. The fraction of sp³-hybridized carbons (Fsp3) is 0.500. The van der Waals surface area contributed by atoms with Crippen molar-refractivity contribution in [1.29, 1.82) is 0 Å². The van der Waals surface area contributed by atoms with Gasteiger partial charge < -0.3 is 5.21 Å². The normalized spacial score (nSPS) is 1.43. The van der Waals surface area contributed by atoms with E-state index in [4.69, 9.17) is 5.21 Å². The second kappa shape index (κ2) is 241. The average molecular weight is 1770 g/mol. The van der Waals surface area contributed by atoms with Crippen molar-refractivity contribution in [3.05, 3.63) is 0 Å². The summed E-state index contributed by atoms with van der Waals surface area (Å²) in [7, 11) is 6.99. The van der Waals surface area contributed by atoms with Crippen LogP contribution in [0.5, 0.6) is 0 Å². The molecular formula is C2H10NOP3V10W6. The molecule has 0 rings (SSSR count). The van der Waals surface area contributed by atoms with Gasteiger partial charge in [0.15, 0.2) is 0 Å². The van der Waals surface area contributed by atoms with E-state index < -0.39 is 0 Å². The van der Waals surface area contributed by atoms with Crippen molar-refractivity contribution in [3.8, 4) is 0 Å². The Labute approximate surface area is 346 Å². The monoisotopic (exact) mass is 1770 g/mol. The summed E-state index contributed by atoms with van der Waals surface area (Å²) >= 11 is 4.24. The first-order valence-corrected chi connectivity index (χ1v) is 8.08. The average Bonchev–Trinajstić information content (AvgIpc) is 2.01. The zero-order valence-electron chi connectivity index (χ0n) is 11.1. The van der Waals surface area contributed by atoms with Gasteiger partial charge in [0, 0.05) is 275 Å². The second-order valence-corrected chi connectivity index (χ2v) is 0.949. The Hall–Kier alpha value is 10.7. The molecule has 0 aliphatic rings. The fourth-order valence-electron chi connectivity index (χ4n) is 0. The molecule has 0 heterocycles. The van der Waals surface area contributed by atoms with Crippen LogP contribution in [-0.2, 0) is 308 Å². The third-order valence-corrected chi connectivity index (χ3v) is 0. The summed E-state index contributed by atoms with van der Waals surface area (Å²) in [6, 6.07) is 0. The van der Waals surface area contributed by atoms with Crippen LogP contribution in [-0.4, -0.2) is 18.2 Å². The van der Waals surface area contributed by atoms with Crippen LogP contribution < -0.4 is 5.90 Å². The molecular weight excluding hydrogens is 1760 g/mol. The van der Waals surface area contributed by atoms with Gasteiger partial charge in [0.05, 0.1) is 0 Å². The Morgan fingerprint density at radius 3 is 0.609 bits per heavy atom. The third kappa shape index (κ3) is 270. The topological polar surface area (TPSA) is 46.2 Å². The van der Waals surface area contributed by atoms with Crippen LogP contribution in [0, 0.1) is 0 Å². The third-order valence-electron chi connectivity index (χ3n) is 0. The number of hydrogen-bond donors (Lipinski definition) is 2. The van der Waals surface area contributed by atoms with Crippen LogP contribution in [0.4, 0.5) is 0 Å². The van der Waals surface area contributed by atoms with Crippen LogP contribution in [0.15, 0.2) is 0 Å². The van der Waals surface area contributed by atoms with Crippen LogP contribution in [0.3, 0.4) is 0 Å². The molecule has 8 radical (unpaired) electrons. The Morgan fingerprint density at radius 2 is 0.609 bits per heavy atom. The van der Waals surface area contributed by atoms with Crippen LogP contribution in [0.25, 0.3) is 0 Å². The molecule has 0 atom stereocenters. The van der Waals surface area contributed by atoms with E-state index in [0.717, 1.165) is 0 Å². The minimum Gasteiger partial charge on any atom is 0 e. The Balaban J connectivity index is -0.000000000759. The van der Waals surface area contributed by atoms with Crippen LogP contribution in [0.2, 0.25) is 0 Å². The molecule has 21 heteroatoms. The standard InChI is InChI=1S/C2H5P.H3NO.2HP.10V.6W/c1-3-2;1-2;;;;;;;;;;;;;;;;;;/h1H2,2H3;2H,1H2;2*1H;;;;;;;;;;;;;;;;. The van der Waals surface area contributed by atoms with Gasteiger partial charge in [-0.15, -0.1) is 8.20 Å². The molecule has 0 saturated heterocycles. The van der Waals surface area contributed by atoms with Gasteiger partial charge in [-0.3, -0.25) is 0 Å². The number of hydrogen-bond acceptors (Lipinski definition) is 2. The Kier molecular flexibility index (Phi) is 1530. The Morgan fingerprint density at radius 1 is 0.609 bits per heavy atom. The summed E-state index contributed by atoms with van der Waals surface area (Å²) in [4.78, 5) is 0. The van der Waals surface area contributed by atoms with Gasteiger partial charge in [0.25, 0.3) is 0 Å². The molecule has 0 aromatic heterocycles. The number of rotatable bonds is 0. The van der Waals surface area contributed by atoms with Crippen LogP contribution in [0.1, 0.15) is 0 Å². The fourth-order valence-corrected chi connectivity index (χ4v) is 0. The van der Waals surface area contributed by atoms with E-state index >= 15 is 0 Å². The van der Waals surface area contributed by atoms with Gasteiger partial charge in [-0.2, -0.15) is 0 Å². The molecule has 0 aliphatic carbocycles. The molecule has 130 valence electrons. The zero-order valence-corrected chi connectivity index (χ0v) is 45.6. The molecule has 0 aromatic rings. The van der Waals surface area contributed by atoms with E-state index in [1.807, 2.05) is 6.66 Å². The summed E-state index contributed by atoms with van der Waals surface area (Å²) in [5.74, 6) is 3.50. The van der Waals surface area contributed by atoms with Crippen molar-refractivity contribution in [2.45, 2.75) is 0 Å². The smallest absolute Gasteiger partial charge is 0 e. The van der Waals surface area contributed by atoms with E-state index in [2.05, 4.69) is 59.7 Å². The molecule has 23 heavy (non-hydrogen) atoms. The predicted molar refractivity (Wildman–Crippen MR) is 42.6 cm³/mol. The van der Waals surface area contributed by atoms with E-state index in [1.165, 1.54) is 8.20 Å². The summed E-state index contributed by atoms with van der Waals surface area (Å²) in [5, 5.41) is 6.50. The largest absolute Gasteiger partial charge is 0 e. The molecule has 0 bridgehead atoms. The van der Waals surface area contributed by atoms with Gasteiger partial charge in [-0.25, -0.2) is 5.90 Å². The van der Waals surface area contributed by atoms with Crippen LogP contribution >= 0.6 is 22.7 Å². The SMILES string of the molecule is C=PC.NO.[PH]=[V].[PH]=[V].[V].[V].[V].[V].[V].[V].[V].[V].[W].[W].[W].[W].[W].[W]. The maximum absolute atomic E-state index is 6.50. The molecule has 2 nitrogen and oxygen atoms in total. The molecule has 0 saturated carbocycles. The minimum atomic E-state index is 0. The summed E-state index contributed by atoms with van der Waals surface area (Å²) < 4.78 is 0. The second-order valence-electron chi connectivity index (χ2n) is 0.316. The molecule has 0 spiro atoms. The van der Waals surface area contributed by atoms with Gasteiger partial charge in [0.1, 0.15) is 0 Å². The van der Waals surface area contributed by atoms with Crippen molar-refractivity contribution >= 4 is 29.0 Å². The maximum atomic E-state index is 6.50. The van der Waals surface area contributed by atoms with Crippen molar-refractivity contribution in [2.24, 2.45) is 5.90 Å². The molecule has 0 aliphatic heterocycles. The van der Waals surface area contributed by atoms with Gasteiger partial charge in [0.2, 0.25) is 0 Å². The molecule has 0 aromatic carbocycles. The van der Waals surface area contributed by atoms with E-state index in [1.54, 1.807) is 0 Å². The minimum absolute atomic E-state index is 0. The van der Waals surface area contributed by atoms with Gasteiger partial charge in [-0.1, -0.05) is 6.30 Å². The number of nitrogens with two attached hydrogens (primary N) is 1. The van der Waals surface area contributed by atoms with Crippen molar-refractivity contribution in [3.63, 3.8) is 0 Å².